The second-order valence-corrected chi connectivity index (χ2v) is 8.08. The lowest BCUT2D eigenvalue weighted by atomic mass is 9.95. The van der Waals surface area contributed by atoms with E-state index < -0.39 is 17.7 Å². The van der Waals surface area contributed by atoms with E-state index in [9.17, 15) is 14.7 Å². The summed E-state index contributed by atoms with van der Waals surface area (Å²) in [6, 6.07) is 6.78. The van der Waals surface area contributed by atoms with E-state index in [1.165, 1.54) is 4.90 Å². The molecule has 1 fully saturated rings. The topological polar surface area (TPSA) is 89.5 Å². The molecular weight excluding hydrogens is 424 g/mol. The average molecular weight is 447 g/mol. The van der Waals surface area contributed by atoms with Gasteiger partial charge in [-0.1, -0.05) is 28.1 Å². The van der Waals surface area contributed by atoms with Crippen molar-refractivity contribution in [3.63, 3.8) is 0 Å². The van der Waals surface area contributed by atoms with Crippen molar-refractivity contribution in [1.82, 2.24) is 20.0 Å². The third kappa shape index (κ3) is 3.62. The van der Waals surface area contributed by atoms with Crippen LogP contribution in [0.5, 0.6) is 0 Å². The summed E-state index contributed by atoms with van der Waals surface area (Å²) in [4.78, 5) is 29.2. The first-order valence-corrected chi connectivity index (χ1v) is 9.72. The first-order valence-electron chi connectivity index (χ1n) is 8.93. The highest BCUT2D eigenvalue weighted by Gasteiger charge is 2.46. The molecule has 0 radical (unpaired) electrons. The van der Waals surface area contributed by atoms with Crippen molar-refractivity contribution in [1.29, 1.82) is 0 Å². The lowest BCUT2D eigenvalue weighted by Crippen LogP contribution is -2.35. The Labute approximate surface area is 172 Å². The van der Waals surface area contributed by atoms with Gasteiger partial charge in [-0.2, -0.15) is 5.10 Å². The zero-order chi connectivity index (χ0) is 20.6. The number of aromatic nitrogens is 2. The number of halogens is 1. The number of amides is 1. The maximum Gasteiger partial charge on any atom is 0.295 e. The van der Waals surface area contributed by atoms with Crippen molar-refractivity contribution in [2.45, 2.75) is 19.9 Å². The van der Waals surface area contributed by atoms with Gasteiger partial charge in [0, 0.05) is 23.3 Å². The van der Waals surface area contributed by atoms with Crippen molar-refractivity contribution in [2.24, 2.45) is 0 Å². The van der Waals surface area contributed by atoms with Crippen LogP contribution in [0.1, 0.15) is 28.6 Å². The molecule has 1 saturated heterocycles. The van der Waals surface area contributed by atoms with Crippen LogP contribution in [0.3, 0.4) is 0 Å². The van der Waals surface area contributed by atoms with Crippen LogP contribution >= 0.6 is 15.9 Å². The van der Waals surface area contributed by atoms with Crippen LogP contribution in [0.2, 0.25) is 0 Å². The number of carbonyl (C=O) groups excluding carboxylic acids is 2. The van der Waals surface area contributed by atoms with Gasteiger partial charge in [-0.05, 0) is 45.6 Å². The molecule has 2 heterocycles. The summed E-state index contributed by atoms with van der Waals surface area (Å²) in [6.07, 6.45) is 0. The SMILES string of the molecule is Cc1n[nH]c(C)c1C(O)=C1C(=O)C(=O)N(CCN(C)C)[C@@H]1c1cccc(Br)c1. The zero-order valence-electron chi connectivity index (χ0n) is 16.3. The highest BCUT2D eigenvalue weighted by atomic mass is 79.9. The first kappa shape index (κ1) is 20.3. The third-order valence-corrected chi connectivity index (χ3v) is 5.35. The van der Waals surface area contributed by atoms with Gasteiger partial charge in [0.1, 0.15) is 5.76 Å². The molecule has 2 aromatic rings. The number of aromatic amines is 1. The van der Waals surface area contributed by atoms with Gasteiger partial charge in [-0.3, -0.25) is 14.7 Å². The number of benzene rings is 1. The van der Waals surface area contributed by atoms with Crippen LogP contribution in [0.25, 0.3) is 5.76 Å². The van der Waals surface area contributed by atoms with Crippen LogP contribution in [0, 0.1) is 13.8 Å². The normalized spacial score (nSPS) is 19.1. The molecule has 1 aromatic carbocycles. The fourth-order valence-electron chi connectivity index (χ4n) is 3.48. The first-order chi connectivity index (χ1) is 13.2. The number of Topliss-reactive ketones (excluding diaryl/α,β-unsaturated/α-hetero) is 1. The van der Waals surface area contributed by atoms with Crippen LogP contribution in [0.4, 0.5) is 0 Å². The van der Waals surface area contributed by atoms with Crippen LogP contribution in [0.15, 0.2) is 34.3 Å². The van der Waals surface area contributed by atoms with Gasteiger partial charge < -0.3 is 14.9 Å². The fourth-order valence-corrected chi connectivity index (χ4v) is 3.89. The van der Waals surface area contributed by atoms with Gasteiger partial charge in [0.25, 0.3) is 11.7 Å². The Morgan fingerprint density at radius 1 is 1.32 bits per heavy atom. The number of nitrogens with one attached hydrogen (secondary N) is 1. The quantitative estimate of drug-likeness (QED) is 0.418. The minimum atomic E-state index is -0.679. The van der Waals surface area contributed by atoms with E-state index in [0.29, 0.717) is 30.0 Å². The molecule has 28 heavy (non-hydrogen) atoms. The molecule has 1 aliphatic rings. The Balaban J connectivity index is 2.20. The van der Waals surface area contributed by atoms with Gasteiger partial charge in [0.15, 0.2) is 0 Å². The summed E-state index contributed by atoms with van der Waals surface area (Å²) < 4.78 is 0.832. The van der Waals surface area contributed by atoms with Crippen LogP contribution in [-0.2, 0) is 9.59 Å². The summed E-state index contributed by atoms with van der Waals surface area (Å²) in [5.74, 6) is -1.48. The number of hydrogen-bond acceptors (Lipinski definition) is 5. The molecule has 0 bridgehead atoms. The van der Waals surface area contributed by atoms with Crippen LogP contribution < -0.4 is 0 Å². The maximum absolute atomic E-state index is 12.9. The van der Waals surface area contributed by atoms with Gasteiger partial charge in [-0.15, -0.1) is 0 Å². The number of rotatable bonds is 5. The lowest BCUT2D eigenvalue weighted by molar-refractivity contribution is -0.140. The molecule has 1 amide bonds. The molecule has 2 N–H and O–H groups in total. The van der Waals surface area contributed by atoms with Gasteiger partial charge in [0.2, 0.25) is 0 Å². The number of aryl methyl sites for hydroxylation is 2. The van der Waals surface area contributed by atoms with Crippen molar-refractivity contribution in [2.75, 3.05) is 27.2 Å². The molecule has 0 aliphatic carbocycles. The predicted molar refractivity (Wildman–Crippen MR) is 110 cm³/mol. The molecule has 1 aliphatic heterocycles. The minimum absolute atomic E-state index is 0.0921. The molecule has 1 aromatic heterocycles. The highest BCUT2D eigenvalue weighted by Crippen LogP contribution is 2.40. The summed E-state index contributed by atoms with van der Waals surface area (Å²) >= 11 is 3.45. The standard InChI is InChI=1S/C20H23BrN4O3/c1-11-15(12(2)23-22-11)18(26)16-17(13-6-5-7-14(21)10-13)25(9-8-24(3)4)20(28)19(16)27/h5-7,10,17,26H,8-9H2,1-4H3,(H,22,23)/t17-/m1/s1. The summed E-state index contributed by atoms with van der Waals surface area (Å²) in [5.41, 5.74) is 2.53. The summed E-state index contributed by atoms with van der Waals surface area (Å²) in [5, 5.41) is 18.0. The molecule has 7 nitrogen and oxygen atoms in total. The Morgan fingerprint density at radius 2 is 2.04 bits per heavy atom. The Morgan fingerprint density at radius 3 is 2.61 bits per heavy atom. The molecule has 0 saturated carbocycles. The number of aliphatic hydroxyl groups excluding tert-OH is 1. The zero-order valence-corrected chi connectivity index (χ0v) is 17.9. The molecular formula is C20H23BrN4O3. The van der Waals surface area contributed by atoms with Crippen molar-refractivity contribution < 1.29 is 14.7 Å². The van der Waals surface area contributed by atoms with E-state index in [-0.39, 0.29) is 11.3 Å². The second kappa shape index (κ2) is 7.89. The second-order valence-electron chi connectivity index (χ2n) is 7.16. The summed E-state index contributed by atoms with van der Waals surface area (Å²) in [7, 11) is 3.81. The van der Waals surface area contributed by atoms with E-state index in [2.05, 4.69) is 26.1 Å². The number of likely N-dealkylation sites (tertiary alicyclic amines) is 1. The van der Waals surface area contributed by atoms with E-state index in [1.54, 1.807) is 13.8 Å². The number of aliphatic hydroxyl groups is 1. The molecule has 3 rings (SSSR count). The average Bonchev–Trinajstić information content (AvgIpc) is 3.09. The Bertz CT molecular complexity index is 945. The number of hydrogen-bond donors (Lipinski definition) is 2. The van der Waals surface area contributed by atoms with Crippen molar-refractivity contribution >= 4 is 33.4 Å². The summed E-state index contributed by atoms with van der Waals surface area (Å²) in [6.45, 7) is 4.48. The maximum atomic E-state index is 12.9. The molecule has 8 heteroatoms. The number of likely N-dealkylation sites (N-methyl/N-ethyl adjacent to an activating group) is 1. The van der Waals surface area contributed by atoms with Crippen LogP contribution in [-0.4, -0.2) is 64.0 Å². The van der Waals surface area contributed by atoms with Crippen molar-refractivity contribution in [3.05, 3.63) is 56.8 Å². The molecule has 1 atom stereocenters. The number of ketones is 1. The fraction of sp³-hybridized carbons (Fsp3) is 0.350. The minimum Gasteiger partial charge on any atom is -0.507 e. The predicted octanol–water partition coefficient (Wildman–Crippen LogP) is 2.77. The Kier molecular flexibility index (Phi) is 5.71. The Hall–Kier alpha value is -2.45. The highest BCUT2D eigenvalue weighted by molar-refractivity contribution is 9.10. The van der Waals surface area contributed by atoms with E-state index in [0.717, 1.165) is 10.0 Å². The third-order valence-electron chi connectivity index (χ3n) is 4.86. The number of H-pyrrole nitrogens is 1. The van der Waals surface area contributed by atoms with Gasteiger partial charge in [-0.25, -0.2) is 0 Å². The van der Waals surface area contributed by atoms with E-state index >= 15 is 0 Å². The smallest absolute Gasteiger partial charge is 0.295 e. The number of nitrogens with zero attached hydrogens (tertiary/aromatic N) is 3. The molecule has 0 unspecified atom stereocenters. The van der Waals surface area contributed by atoms with Gasteiger partial charge >= 0.3 is 0 Å². The largest absolute Gasteiger partial charge is 0.507 e. The van der Waals surface area contributed by atoms with E-state index in [4.69, 9.17) is 0 Å². The lowest BCUT2D eigenvalue weighted by Gasteiger charge is -2.26. The monoisotopic (exact) mass is 446 g/mol. The molecule has 0 spiro atoms. The van der Waals surface area contributed by atoms with E-state index in [1.807, 2.05) is 43.3 Å². The van der Waals surface area contributed by atoms with Crippen molar-refractivity contribution in [3.8, 4) is 0 Å². The number of carbonyl (C=O) groups is 2. The van der Waals surface area contributed by atoms with Gasteiger partial charge in [0.05, 0.1) is 22.9 Å². The molecule has 148 valence electrons.